The summed E-state index contributed by atoms with van der Waals surface area (Å²) in [6.45, 7) is 0. The van der Waals surface area contributed by atoms with E-state index in [9.17, 15) is 18.0 Å². The number of nitrogens with two attached hydrogens (primary N) is 1. The molecule has 1 aromatic carbocycles. The van der Waals surface area contributed by atoms with Gasteiger partial charge in [-0.15, -0.1) is 0 Å². The van der Waals surface area contributed by atoms with Gasteiger partial charge in [-0.1, -0.05) is 0 Å². The maximum atomic E-state index is 12.5. The van der Waals surface area contributed by atoms with Gasteiger partial charge in [0.15, 0.2) is 5.69 Å². The molecule has 0 aliphatic carbocycles. The number of hydrogen-bond acceptors (Lipinski definition) is 3. The number of carbonyl (C=O) groups is 1. The van der Waals surface area contributed by atoms with Gasteiger partial charge in [-0.2, -0.15) is 18.3 Å². The highest BCUT2D eigenvalue weighted by Crippen LogP contribution is 2.32. The van der Waals surface area contributed by atoms with Crippen LogP contribution in [0, 0.1) is 0 Å². The molecule has 0 radical (unpaired) electrons. The molecule has 0 saturated carbocycles. The van der Waals surface area contributed by atoms with E-state index in [1.807, 2.05) is 0 Å². The molecule has 0 bridgehead atoms. The van der Waals surface area contributed by atoms with Gasteiger partial charge < -0.3 is 11.1 Å². The van der Waals surface area contributed by atoms with Crippen molar-refractivity contribution < 1.29 is 18.0 Å². The molecule has 1 aromatic heterocycles. The van der Waals surface area contributed by atoms with Crippen molar-refractivity contribution in [2.75, 3.05) is 12.8 Å². The predicted molar refractivity (Wildman–Crippen MR) is 66.4 cm³/mol. The minimum absolute atomic E-state index is 0.0774. The fraction of sp³-hybridized carbons (Fsp3) is 0.167. The summed E-state index contributed by atoms with van der Waals surface area (Å²) in [5.74, 6) is -0.394. The Morgan fingerprint density at radius 3 is 2.60 bits per heavy atom. The Morgan fingerprint density at radius 1 is 1.35 bits per heavy atom. The average molecular weight is 284 g/mol. The molecule has 0 saturated heterocycles. The quantitative estimate of drug-likeness (QED) is 0.826. The van der Waals surface area contributed by atoms with Crippen LogP contribution in [0.25, 0.3) is 5.69 Å². The Hall–Kier alpha value is -2.51. The van der Waals surface area contributed by atoms with Crippen molar-refractivity contribution in [2.24, 2.45) is 0 Å². The zero-order valence-corrected chi connectivity index (χ0v) is 10.4. The molecule has 0 unspecified atom stereocenters. The third-order valence-electron chi connectivity index (χ3n) is 2.65. The van der Waals surface area contributed by atoms with Gasteiger partial charge in [-0.3, -0.25) is 4.79 Å². The largest absolute Gasteiger partial charge is 0.416 e. The Bertz CT molecular complexity index is 648. The molecule has 2 aromatic rings. The van der Waals surface area contributed by atoms with Crippen LogP contribution in [0.4, 0.5) is 18.9 Å². The number of nitrogens with one attached hydrogen (secondary N) is 1. The molecule has 106 valence electrons. The van der Waals surface area contributed by atoms with Gasteiger partial charge in [-0.05, 0) is 24.3 Å². The number of anilines is 1. The minimum atomic E-state index is -4.45. The molecule has 0 atom stereocenters. The van der Waals surface area contributed by atoms with Crippen molar-refractivity contribution in [3.05, 3.63) is 41.7 Å². The Balaban J connectivity index is 2.39. The number of nitrogen functional groups attached to an aromatic ring is 1. The highest BCUT2D eigenvalue weighted by molar-refractivity contribution is 5.91. The third-order valence-corrected chi connectivity index (χ3v) is 2.65. The van der Waals surface area contributed by atoms with Crippen molar-refractivity contribution in [3.8, 4) is 5.69 Å². The molecular formula is C12H11F3N4O. The van der Waals surface area contributed by atoms with Gasteiger partial charge in [0.25, 0.3) is 5.91 Å². The Labute approximate surface area is 112 Å². The first kappa shape index (κ1) is 13.9. The molecule has 0 fully saturated rings. The van der Waals surface area contributed by atoms with Crippen molar-refractivity contribution >= 4 is 11.6 Å². The van der Waals surface area contributed by atoms with E-state index >= 15 is 0 Å². The molecule has 0 spiro atoms. The van der Waals surface area contributed by atoms with Gasteiger partial charge >= 0.3 is 6.18 Å². The number of carbonyl (C=O) groups excluding carboxylic acids is 1. The number of hydrogen-bond donors (Lipinski definition) is 2. The second-order valence-corrected chi connectivity index (χ2v) is 4.00. The lowest BCUT2D eigenvalue weighted by Crippen LogP contribution is -2.18. The topological polar surface area (TPSA) is 72.9 Å². The first-order valence-corrected chi connectivity index (χ1v) is 5.58. The second-order valence-electron chi connectivity index (χ2n) is 4.00. The van der Waals surface area contributed by atoms with Crippen LogP contribution >= 0.6 is 0 Å². The Kier molecular flexibility index (Phi) is 3.39. The second kappa shape index (κ2) is 4.87. The van der Waals surface area contributed by atoms with Gasteiger partial charge in [0.05, 0.1) is 16.9 Å². The maximum Gasteiger partial charge on any atom is 0.416 e. The maximum absolute atomic E-state index is 12.5. The molecule has 1 amide bonds. The number of nitrogens with zero attached hydrogens (tertiary/aromatic N) is 2. The van der Waals surface area contributed by atoms with Crippen LogP contribution in [0.1, 0.15) is 16.1 Å². The van der Waals surface area contributed by atoms with Gasteiger partial charge in [-0.25, -0.2) is 4.68 Å². The van der Waals surface area contributed by atoms with Gasteiger partial charge in [0.1, 0.15) is 0 Å². The lowest BCUT2D eigenvalue weighted by atomic mass is 10.1. The number of halogens is 3. The van der Waals surface area contributed by atoms with E-state index in [0.29, 0.717) is 0 Å². The van der Waals surface area contributed by atoms with E-state index < -0.39 is 17.6 Å². The number of amides is 1. The van der Waals surface area contributed by atoms with Crippen LogP contribution in [0.15, 0.2) is 30.5 Å². The summed E-state index contributed by atoms with van der Waals surface area (Å²) in [6, 6.07) is 4.39. The highest BCUT2D eigenvalue weighted by Gasteiger charge is 2.30. The standard InChI is InChI=1S/C12H11F3N4O/c1-17-11(20)9-4-5-19(18-9)10-3-2-7(6-8(10)16)12(13,14)15/h2-6H,16H2,1H3,(H,17,20). The van der Waals surface area contributed by atoms with Crippen LogP contribution in [0.5, 0.6) is 0 Å². The molecule has 1 heterocycles. The van der Waals surface area contributed by atoms with Crippen molar-refractivity contribution in [1.82, 2.24) is 15.1 Å². The van der Waals surface area contributed by atoms with E-state index in [2.05, 4.69) is 10.4 Å². The van der Waals surface area contributed by atoms with Crippen molar-refractivity contribution in [1.29, 1.82) is 0 Å². The lowest BCUT2D eigenvalue weighted by Gasteiger charge is -2.10. The van der Waals surface area contributed by atoms with E-state index in [1.54, 1.807) is 0 Å². The average Bonchev–Trinajstić information content (AvgIpc) is 2.86. The smallest absolute Gasteiger partial charge is 0.397 e. The first-order chi connectivity index (χ1) is 9.32. The first-order valence-electron chi connectivity index (χ1n) is 5.58. The van der Waals surface area contributed by atoms with Crippen LogP contribution in [0.3, 0.4) is 0 Å². The van der Waals surface area contributed by atoms with Crippen molar-refractivity contribution in [2.45, 2.75) is 6.18 Å². The fourth-order valence-corrected chi connectivity index (χ4v) is 1.65. The minimum Gasteiger partial charge on any atom is -0.397 e. The zero-order chi connectivity index (χ0) is 14.9. The summed E-state index contributed by atoms with van der Waals surface area (Å²) in [5, 5.41) is 6.34. The van der Waals surface area contributed by atoms with Crippen LogP contribution in [-0.2, 0) is 6.18 Å². The summed E-state index contributed by atoms with van der Waals surface area (Å²) in [4.78, 5) is 11.4. The zero-order valence-electron chi connectivity index (χ0n) is 10.4. The lowest BCUT2D eigenvalue weighted by molar-refractivity contribution is -0.137. The van der Waals surface area contributed by atoms with Gasteiger partial charge in [0, 0.05) is 13.2 Å². The van der Waals surface area contributed by atoms with Crippen molar-refractivity contribution in [3.63, 3.8) is 0 Å². The monoisotopic (exact) mass is 284 g/mol. The Morgan fingerprint density at radius 2 is 2.05 bits per heavy atom. The number of alkyl halides is 3. The molecule has 5 nitrogen and oxygen atoms in total. The van der Waals surface area contributed by atoms with E-state index in [4.69, 9.17) is 5.73 Å². The van der Waals surface area contributed by atoms with Crippen LogP contribution < -0.4 is 11.1 Å². The fourth-order valence-electron chi connectivity index (χ4n) is 1.65. The van der Waals surface area contributed by atoms with Crippen LogP contribution in [0.2, 0.25) is 0 Å². The molecule has 8 heteroatoms. The van der Waals surface area contributed by atoms with E-state index in [1.165, 1.54) is 30.1 Å². The molecular weight excluding hydrogens is 273 g/mol. The normalized spacial score (nSPS) is 11.4. The summed E-state index contributed by atoms with van der Waals surface area (Å²) in [7, 11) is 1.45. The number of benzene rings is 1. The predicted octanol–water partition coefficient (Wildman–Crippen LogP) is 1.83. The molecule has 0 aliphatic rings. The number of aromatic nitrogens is 2. The third kappa shape index (κ3) is 2.58. The highest BCUT2D eigenvalue weighted by atomic mass is 19.4. The summed E-state index contributed by atoms with van der Waals surface area (Å²) in [5.41, 5.74) is 5.11. The molecule has 3 N–H and O–H groups in total. The van der Waals surface area contributed by atoms with E-state index in [-0.39, 0.29) is 17.1 Å². The molecule has 2 rings (SSSR count). The van der Waals surface area contributed by atoms with Crippen LogP contribution in [-0.4, -0.2) is 22.7 Å². The molecule has 0 aliphatic heterocycles. The number of rotatable bonds is 2. The molecule has 20 heavy (non-hydrogen) atoms. The van der Waals surface area contributed by atoms with Gasteiger partial charge in [0.2, 0.25) is 0 Å². The summed E-state index contributed by atoms with van der Waals surface area (Å²) in [6.07, 6.45) is -3.01. The van der Waals surface area contributed by atoms with E-state index in [0.717, 1.165) is 12.1 Å². The summed E-state index contributed by atoms with van der Waals surface area (Å²) >= 11 is 0. The summed E-state index contributed by atoms with van der Waals surface area (Å²) < 4.78 is 38.8. The SMILES string of the molecule is CNC(=O)c1ccn(-c2ccc(C(F)(F)F)cc2N)n1.